The Labute approximate surface area is 194 Å². The number of methoxy groups -OCH3 is 1. The van der Waals surface area contributed by atoms with Crippen molar-refractivity contribution in [1.29, 1.82) is 0 Å². The van der Waals surface area contributed by atoms with Gasteiger partial charge in [-0.05, 0) is 24.3 Å². The second-order valence-corrected chi connectivity index (χ2v) is 6.30. The van der Waals surface area contributed by atoms with E-state index in [0.29, 0.717) is 11.3 Å². The molecule has 8 nitrogen and oxygen atoms in total. The Bertz CT molecular complexity index is 1140. The second kappa shape index (κ2) is 12.5. The van der Waals surface area contributed by atoms with Crippen LogP contribution < -0.4 is 10.5 Å². The fourth-order valence-electron chi connectivity index (χ4n) is 2.66. The second-order valence-electron chi connectivity index (χ2n) is 5.84. The minimum atomic E-state index is 0. The number of thiol groups is 1. The molecule has 4 aromatic rings. The molecular weight excluding hydrogens is 466 g/mol. The van der Waals surface area contributed by atoms with Crippen molar-refractivity contribution in [3.8, 4) is 11.5 Å². The first-order valence-corrected chi connectivity index (χ1v) is 9.07. The topological polar surface area (TPSA) is 140 Å². The molecule has 0 saturated heterocycles. The zero-order valence-electron chi connectivity index (χ0n) is 16.4. The Balaban J connectivity index is 0.000000291. The van der Waals surface area contributed by atoms with Gasteiger partial charge >= 0.3 is 22.8 Å². The zero-order valence-corrected chi connectivity index (χ0v) is 18.2. The first kappa shape index (κ1) is 25.9. The number of nitrogens with zero attached hydrogens (tertiary/aromatic N) is 4. The van der Waals surface area contributed by atoms with Gasteiger partial charge in [0.1, 0.15) is 0 Å². The van der Waals surface area contributed by atoms with Gasteiger partial charge in [-0.3, -0.25) is 15.7 Å². The molecule has 0 spiro atoms. The number of hydrogen-bond donors (Lipinski definition) is 1. The summed E-state index contributed by atoms with van der Waals surface area (Å²) >= 11 is 3.75. The van der Waals surface area contributed by atoms with Gasteiger partial charge in [0.15, 0.2) is 17.3 Å². The molecule has 1 radical (unpaired) electrons. The Morgan fingerprint density at radius 3 is 2.13 bits per heavy atom. The van der Waals surface area contributed by atoms with Crippen LogP contribution in [0.15, 0.2) is 72.1 Å². The van der Waals surface area contributed by atoms with Crippen LogP contribution in [-0.2, 0) is 29.3 Å². The van der Waals surface area contributed by atoms with Crippen LogP contribution in [-0.4, -0.2) is 39.0 Å². The van der Waals surface area contributed by atoms with Crippen LogP contribution in [0.5, 0.6) is 11.5 Å². The molecule has 2 heterocycles. The zero-order chi connectivity index (χ0) is 20.6. The van der Waals surface area contributed by atoms with Crippen molar-refractivity contribution in [2.75, 3.05) is 7.11 Å². The first-order valence-electron chi connectivity index (χ1n) is 8.62. The molecule has 0 aliphatic carbocycles. The fraction of sp³-hybridized carbons (Fsp3) is 0.0476. The smallest absolute Gasteiger partial charge is 0.870 e. The third-order valence-electron chi connectivity index (χ3n) is 3.98. The maximum atomic E-state index is 7.72. The van der Waals surface area contributed by atoms with E-state index in [0.717, 1.165) is 21.8 Å². The van der Waals surface area contributed by atoms with E-state index in [9.17, 15) is 0 Å². The van der Waals surface area contributed by atoms with E-state index in [1.807, 2.05) is 12.1 Å². The number of ether oxygens (including phenoxy) is 1. The Morgan fingerprint density at radius 2 is 1.61 bits per heavy atom. The van der Waals surface area contributed by atoms with Crippen LogP contribution in [0.2, 0.25) is 0 Å². The van der Waals surface area contributed by atoms with Crippen LogP contribution >= 0.6 is 0 Å². The number of para-hydroxylation sites is 1. The van der Waals surface area contributed by atoms with Crippen LogP contribution in [0.4, 0.5) is 0 Å². The van der Waals surface area contributed by atoms with Gasteiger partial charge in [0, 0.05) is 29.4 Å². The van der Waals surface area contributed by atoms with Crippen LogP contribution in [0, 0.1) is 0 Å². The normalized spacial score (nSPS) is 9.87. The minimum absolute atomic E-state index is 0. The number of fused-ring (bicyclic) bond motifs is 3. The predicted molar refractivity (Wildman–Crippen MR) is 124 cm³/mol. The summed E-state index contributed by atoms with van der Waals surface area (Å²) in [5.41, 5.74) is 11.3. The summed E-state index contributed by atoms with van der Waals surface area (Å²) < 4.78 is 4.99. The van der Waals surface area contributed by atoms with Gasteiger partial charge in [-0.2, -0.15) is 0 Å². The summed E-state index contributed by atoms with van der Waals surface area (Å²) in [6.07, 6.45) is 5.03. The van der Waals surface area contributed by atoms with Crippen LogP contribution in [0.25, 0.3) is 27.2 Å². The van der Waals surface area contributed by atoms with Gasteiger partial charge in [0.2, 0.25) is 5.75 Å². The van der Waals surface area contributed by atoms with Gasteiger partial charge < -0.3 is 25.8 Å². The number of benzene rings is 2. The van der Waals surface area contributed by atoms with E-state index in [1.54, 1.807) is 30.6 Å². The average molecular weight is 487 g/mol. The van der Waals surface area contributed by atoms with Crippen molar-refractivity contribution in [2.45, 2.75) is 0 Å². The van der Waals surface area contributed by atoms with Gasteiger partial charge in [-0.25, -0.2) is 0 Å². The molecule has 0 aliphatic heterocycles. The molecule has 10 heteroatoms. The molecule has 5 N–H and O–H groups in total. The average Bonchev–Trinajstić information content (AvgIpc) is 2.75. The van der Waals surface area contributed by atoms with Crippen molar-refractivity contribution in [3.63, 3.8) is 0 Å². The molecule has 2 aromatic carbocycles. The van der Waals surface area contributed by atoms with Crippen LogP contribution in [0.3, 0.4) is 0 Å². The monoisotopic (exact) mass is 486 g/mol. The van der Waals surface area contributed by atoms with E-state index < -0.39 is 0 Å². The summed E-state index contributed by atoms with van der Waals surface area (Å²) in [7, 11) is 1.51. The van der Waals surface area contributed by atoms with Crippen molar-refractivity contribution in [3.05, 3.63) is 78.0 Å². The Hall–Kier alpha value is -3.14. The van der Waals surface area contributed by atoms with E-state index in [1.165, 1.54) is 13.3 Å². The first-order chi connectivity index (χ1) is 14.1. The summed E-state index contributed by atoms with van der Waals surface area (Å²) in [5, 5.41) is 13.7. The number of nitrogens with two attached hydrogens (primary N) is 1. The van der Waals surface area contributed by atoms with Crippen molar-refractivity contribution >= 4 is 45.4 Å². The van der Waals surface area contributed by atoms with E-state index >= 15 is 0 Å². The maximum absolute atomic E-state index is 7.72. The van der Waals surface area contributed by atoms with E-state index in [2.05, 4.69) is 57.0 Å². The molecule has 0 aliphatic rings. The quantitative estimate of drug-likeness (QED) is 0.0901. The third-order valence-corrected chi connectivity index (χ3v) is 4.07. The number of aromatic nitrogens is 2. The van der Waals surface area contributed by atoms with E-state index in [4.69, 9.17) is 15.6 Å². The molecule has 0 amide bonds. The van der Waals surface area contributed by atoms with Crippen molar-refractivity contribution < 1.29 is 32.4 Å². The predicted octanol–water partition coefficient (Wildman–Crippen LogP) is 2.77. The molecule has 4 rings (SSSR count). The van der Waals surface area contributed by atoms with Crippen LogP contribution in [0.1, 0.15) is 5.56 Å². The number of pyridine rings is 2. The standard InChI is InChI=1S/C12H8N2.C9H11N3O2S.Cu.H2O/c1-3-9-5-6-10-4-2-8-14-12(10)11(9)13-7-1;1-14-7-4-2-3-6(8(7)13)5-11-12-9(10)15;;/h1-8H;2-5H,1H3,(H4,10,11,12,13,15);;1H2/q;;+2;. The molecule has 0 bridgehead atoms. The van der Waals surface area contributed by atoms with Gasteiger partial charge in [0.25, 0.3) is 0 Å². The molecule has 2 aromatic heterocycles. The molecule has 0 atom stereocenters. The minimum Gasteiger partial charge on any atom is -0.870 e. The van der Waals surface area contributed by atoms with Gasteiger partial charge in [0.05, 0.1) is 23.7 Å². The molecule has 0 unspecified atom stereocenters. The third kappa shape index (κ3) is 6.68. The van der Waals surface area contributed by atoms with Gasteiger partial charge in [-0.15, -0.1) is 0 Å². The van der Waals surface area contributed by atoms with Gasteiger partial charge in [-0.1, -0.05) is 30.3 Å². The summed E-state index contributed by atoms with van der Waals surface area (Å²) in [6.45, 7) is 0. The SMILES string of the molecule is COc1cccc(C=N[N-]C(N)=[SH+])c1[OH2+].[Cu+2].[OH-].c1cnc2c(c1)ccc1cccnc12. The molecule has 31 heavy (non-hydrogen) atoms. The molecule has 0 fully saturated rings. The molecular formula is C21H21CuN5O3S+2. The fourth-order valence-corrected chi connectivity index (χ4v) is 2.71. The number of hydrogen-bond acceptors (Lipinski definition) is 5. The van der Waals surface area contributed by atoms with Crippen molar-refractivity contribution in [2.24, 2.45) is 10.8 Å². The number of rotatable bonds is 3. The molecule has 0 saturated carbocycles. The summed E-state index contributed by atoms with van der Waals surface area (Å²) in [4.78, 5) is 8.69. The summed E-state index contributed by atoms with van der Waals surface area (Å²) in [5.74, 6) is 0.749. The Morgan fingerprint density at radius 1 is 1.03 bits per heavy atom. The Kier molecular flexibility index (Phi) is 10.5. The maximum Gasteiger partial charge on any atom is 2.00 e. The van der Waals surface area contributed by atoms with E-state index in [-0.39, 0.29) is 33.4 Å². The largest absolute Gasteiger partial charge is 2.00 e. The summed E-state index contributed by atoms with van der Waals surface area (Å²) in [6, 6.07) is 17.3. The van der Waals surface area contributed by atoms with Crippen molar-refractivity contribution in [1.82, 2.24) is 9.97 Å². The molecule has 163 valence electrons.